The van der Waals surface area contributed by atoms with Gasteiger partial charge in [0.1, 0.15) is 0 Å². The number of benzene rings is 1. The molecule has 1 amide bonds. The van der Waals surface area contributed by atoms with E-state index < -0.39 is 5.51 Å². The van der Waals surface area contributed by atoms with Crippen LogP contribution in [0.15, 0.2) is 24.3 Å². The zero-order chi connectivity index (χ0) is 14.3. The summed E-state index contributed by atoms with van der Waals surface area (Å²) in [6, 6.07) is 6.54. The van der Waals surface area contributed by atoms with Crippen LogP contribution in [0, 0.1) is 0 Å². The maximum absolute atomic E-state index is 11.8. The third kappa shape index (κ3) is 7.97. The zero-order valence-corrected chi connectivity index (χ0v) is 11.3. The number of rotatable bonds is 6. The zero-order valence-electron chi connectivity index (χ0n) is 9.76. The quantitative estimate of drug-likeness (QED) is 0.793. The van der Waals surface area contributed by atoms with Crippen LogP contribution < -0.4 is 10.6 Å². The molecule has 8 heteroatoms. The third-order valence-electron chi connectivity index (χ3n) is 1.96. The molecule has 0 spiro atoms. The number of anilines is 1. The number of thioether (sulfide) groups is 1. The average molecular weight is 313 g/mol. The fourth-order valence-electron chi connectivity index (χ4n) is 1.18. The number of amides is 1. The normalized spacial score (nSPS) is 11.4. The first-order valence-electron chi connectivity index (χ1n) is 5.33. The van der Waals surface area contributed by atoms with E-state index >= 15 is 0 Å². The second kappa shape index (κ2) is 7.62. The third-order valence-corrected chi connectivity index (χ3v) is 2.95. The molecule has 0 saturated carbocycles. The topological polar surface area (TPSA) is 41.1 Å². The molecule has 0 bridgehead atoms. The molecule has 106 valence electrons. The Bertz CT molecular complexity index is 411. The van der Waals surface area contributed by atoms with Crippen molar-refractivity contribution in [3.05, 3.63) is 29.3 Å². The molecule has 2 N–H and O–H groups in total. The fraction of sp³-hybridized carbons (Fsp3) is 0.364. The molecule has 1 aromatic carbocycles. The molecular formula is C11H12ClF3N2OS. The number of carbonyl (C=O) groups is 1. The monoisotopic (exact) mass is 312 g/mol. The van der Waals surface area contributed by atoms with Gasteiger partial charge in [0, 0.05) is 23.0 Å². The van der Waals surface area contributed by atoms with Gasteiger partial charge in [-0.25, -0.2) is 0 Å². The molecule has 0 aliphatic rings. The molecule has 19 heavy (non-hydrogen) atoms. The van der Waals surface area contributed by atoms with Crippen LogP contribution in [0.3, 0.4) is 0 Å². The van der Waals surface area contributed by atoms with Gasteiger partial charge in [-0.05, 0) is 36.0 Å². The van der Waals surface area contributed by atoms with Gasteiger partial charge < -0.3 is 10.6 Å². The molecule has 3 nitrogen and oxygen atoms in total. The molecule has 0 atom stereocenters. The van der Waals surface area contributed by atoms with Crippen LogP contribution in [0.25, 0.3) is 0 Å². The summed E-state index contributed by atoms with van der Waals surface area (Å²) in [7, 11) is 0. The Hall–Kier alpha value is -0.920. The molecule has 0 unspecified atom stereocenters. The van der Waals surface area contributed by atoms with Gasteiger partial charge in [-0.3, -0.25) is 4.79 Å². The summed E-state index contributed by atoms with van der Waals surface area (Å²) in [4.78, 5) is 11.4. The van der Waals surface area contributed by atoms with Crippen molar-refractivity contribution in [2.45, 2.75) is 5.51 Å². The summed E-state index contributed by atoms with van der Waals surface area (Å²) in [6.45, 7) is 0.0687. The van der Waals surface area contributed by atoms with Gasteiger partial charge >= 0.3 is 5.51 Å². The minimum absolute atomic E-state index is 0.0406. The van der Waals surface area contributed by atoms with E-state index in [-0.39, 0.29) is 36.5 Å². The molecule has 0 saturated heterocycles. The predicted molar refractivity (Wildman–Crippen MR) is 71.5 cm³/mol. The lowest BCUT2D eigenvalue weighted by molar-refractivity contribution is -0.115. The number of carbonyl (C=O) groups excluding carboxylic acids is 1. The number of hydrogen-bond donors (Lipinski definition) is 2. The smallest absolute Gasteiger partial charge is 0.325 e. The fourth-order valence-corrected chi connectivity index (χ4v) is 1.78. The second-order valence-electron chi connectivity index (χ2n) is 3.53. The SMILES string of the molecule is O=C(CNCCSC(F)(F)F)Nc1ccc(Cl)cc1. The number of hydrogen-bond acceptors (Lipinski definition) is 3. The van der Waals surface area contributed by atoms with Crippen LogP contribution in [-0.2, 0) is 4.79 Å². The number of nitrogens with one attached hydrogen (secondary N) is 2. The van der Waals surface area contributed by atoms with Crippen LogP contribution in [-0.4, -0.2) is 30.3 Å². The molecule has 0 fully saturated rings. The summed E-state index contributed by atoms with van der Waals surface area (Å²) >= 11 is 5.57. The van der Waals surface area contributed by atoms with Crippen molar-refractivity contribution in [1.82, 2.24) is 5.32 Å². The van der Waals surface area contributed by atoms with E-state index in [1.54, 1.807) is 24.3 Å². The van der Waals surface area contributed by atoms with E-state index in [1.807, 2.05) is 0 Å². The lowest BCUT2D eigenvalue weighted by Crippen LogP contribution is -2.29. The molecule has 1 rings (SSSR count). The first kappa shape index (κ1) is 16.1. The lowest BCUT2D eigenvalue weighted by atomic mass is 10.3. The van der Waals surface area contributed by atoms with Gasteiger partial charge in [0.05, 0.1) is 6.54 Å². The molecular weight excluding hydrogens is 301 g/mol. The van der Waals surface area contributed by atoms with Crippen molar-refractivity contribution in [3.63, 3.8) is 0 Å². The average Bonchev–Trinajstić information content (AvgIpc) is 2.30. The molecule has 0 radical (unpaired) electrons. The lowest BCUT2D eigenvalue weighted by Gasteiger charge is -2.08. The molecule has 1 aromatic rings. The first-order valence-corrected chi connectivity index (χ1v) is 6.70. The Balaban J connectivity index is 2.16. The van der Waals surface area contributed by atoms with Crippen molar-refractivity contribution in [2.24, 2.45) is 0 Å². The summed E-state index contributed by atoms with van der Waals surface area (Å²) in [6.07, 6.45) is 0. The van der Waals surface area contributed by atoms with Gasteiger partial charge in [0.25, 0.3) is 0 Å². The molecule has 0 aliphatic carbocycles. The second-order valence-corrected chi connectivity index (χ2v) is 5.12. The van der Waals surface area contributed by atoms with Crippen LogP contribution in [0.4, 0.5) is 18.9 Å². The summed E-state index contributed by atoms with van der Waals surface area (Å²) in [5.74, 6) is -0.447. The van der Waals surface area contributed by atoms with Crippen molar-refractivity contribution in [1.29, 1.82) is 0 Å². The van der Waals surface area contributed by atoms with E-state index in [1.165, 1.54) is 0 Å². The Kier molecular flexibility index (Phi) is 6.47. The Morgan fingerprint density at radius 1 is 1.26 bits per heavy atom. The number of halogens is 4. The van der Waals surface area contributed by atoms with Crippen LogP contribution in [0.2, 0.25) is 5.02 Å². The molecule has 0 aromatic heterocycles. The van der Waals surface area contributed by atoms with Crippen molar-refractivity contribution in [3.8, 4) is 0 Å². The van der Waals surface area contributed by atoms with Gasteiger partial charge in [0.2, 0.25) is 5.91 Å². The molecule has 0 aliphatic heterocycles. The van der Waals surface area contributed by atoms with Gasteiger partial charge in [-0.1, -0.05) is 11.6 Å². The van der Waals surface area contributed by atoms with E-state index in [4.69, 9.17) is 11.6 Å². The first-order chi connectivity index (χ1) is 8.87. The Morgan fingerprint density at radius 2 is 1.89 bits per heavy atom. The van der Waals surface area contributed by atoms with Crippen molar-refractivity contribution >= 4 is 35.0 Å². The maximum Gasteiger partial charge on any atom is 0.441 e. The Morgan fingerprint density at radius 3 is 2.47 bits per heavy atom. The van der Waals surface area contributed by atoms with E-state index in [9.17, 15) is 18.0 Å². The minimum atomic E-state index is -4.23. The maximum atomic E-state index is 11.8. The Labute approximate surface area is 117 Å². The summed E-state index contributed by atoms with van der Waals surface area (Å²) in [5, 5.41) is 5.77. The van der Waals surface area contributed by atoms with Crippen LogP contribution >= 0.6 is 23.4 Å². The van der Waals surface area contributed by atoms with Crippen molar-refractivity contribution < 1.29 is 18.0 Å². The predicted octanol–water partition coefficient (Wildman–Crippen LogP) is 3.12. The highest BCUT2D eigenvalue weighted by molar-refractivity contribution is 8.00. The van der Waals surface area contributed by atoms with Crippen molar-refractivity contribution in [2.75, 3.05) is 24.2 Å². The van der Waals surface area contributed by atoms with Crippen LogP contribution in [0.5, 0.6) is 0 Å². The molecule has 0 heterocycles. The van der Waals surface area contributed by atoms with E-state index in [0.29, 0.717) is 10.7 Å². The highest BCUT2D eigenvalue weighted by atomic mass is 35.5. The highest BCUT2D eigenvalue weighted by Crippen LogP contribution is 2.29. The number of alkyl halides is 3. The van der Waals surface area contributed by atoms with E-state index in [2.05, 4.69) is 10.6 Å². The highest BCUT2D eigenvalue weighted by Gasteiger charge is 2.27. The van der Waals surface area contributed by atoms with Gasteiger partial charge in [-0.15, -0.1) is 0 Å². The summed E-state index contributed by atoms with van der Waals surface area (Å²) in [5.41, 5.74) is -3.64. The van der Waals surface area contributed by atoms with Crippen LogP contribution in [0.1, 0.15) is 0 Å². The standard InChI is InChI=1S/C11H12ClF3N2OS/c12-8-1-3-9(4-2-8)17-10(18)7-16-5-6-19-11(13,14)15/h1-4,16H,5-7H2,(H,17,18). The largest absolute Gasteiger partial charge is 0.441 e. The summed E-state index contributed by atoms with van der Waals surface area (Å²) < 4.78 is 35.4. The van der Waals surface area contributed by atoms with E-state index in [0.717, 1.165) is 0 Å². The minimum Gasteiger partial charge on any atom is -0.325 e. The van der Waals surface area contributed by atoms with Gasteiger partial charge in [-0.2, -0.15) is 13.2 Å². The van der Waals surface area contributed by atoms with Gasteiger partial charge in [0.15, 0.2) is 0 Å².